The normalized spacial score (nSPS) is 11.1. The lowest BCUT2D eigenvalue weighted by Gasteiger charge is -2.12. The Bertz CT molecular complexity index is 1450. The van der Waals surface area contributed by atoms with Crippen LogP contribution in [0.5, 0.6) is 0 Å². The maximum absolute atomic E-state index is 14.5. The largest absolute Gasteiger partial charge is 0.278 e. The number of pyridine rings is 3. The van der Waals surface area contributed by atoms with Crippen LogP contribution in [0.1, 0.15) is 0 Å². The second kappa shape index (κ2) is 6.97. The van der Waals surface area contributed by atoms with Gasteiger partial charge < -0.3 is 0 Å². The van der Waals surface area contributed by atoms with Gasteiger partial charge in [0.15, 0.2) is 5.65 Å². The standard InChI is InChI=1S/C23H13FN4O2/c24-20-6-2-1-4-17(20)21-12-18(16-5-3-10-26-23(16)27-21)14-7-8-22(28(29)30)19-13-25-11-9-15(14)19/h1-13H. The van der Waals surface area contributed by atoms with Gasteiger partial charge in [-0.3, -0.25) is 15.1 Å². The van der Waals surface area contributed by atoms with Gasteiger partial charge in [-0.15, -0.1) is 0 Å². The molecule has 7 heteroatoms. The molecular formula is C23H13FN4O2. The van der Waals surface area contributed by atoms with Crippen molar-refractivity contribution in [1.29, 1.82) is 0 Å². The molecule has 5 rings (SSSR count). The molecule has 0 N–H and O–H groups in total. The number of non-ortho nitro benzene ring substituents is 1. The summed E-state index contributed by atoms with van der Waals surface area (Å²) in [6.07, 6.45) is 4.70. The number of aromatic nitrogens is 3. The Morgan fingerprint density at radius 2 is 1.70 bits per heavy atom. The lowest BCUT2D eigenvalue weighted by atomic mass is 9.95. The van der Waals surface area contributed by atoms with Crippen LogP contribution in [0.25, 0.3) is 44.2 Å². The summed E-state index contributed by atoms with van der Waals surface area (Å²) >= 11 is 0. The Kier molecular flexibility index (Phi) is 4.14. The minimum atomic E-state index is -0.426. The second-order valence-corrected chi connectivity index (χ2v) is 6.72. The Labute approximate surface area is 169 Å². The first-order valence-corrected chi connectivity index (χ1v) is 9.15. The first-order chi connectivity index (χ1) is 14.6. The van der Waals surface area contributed by atoms with Crippen LogP contribution in [0.2, 0.25) is 0 Å². The predicted molar refractivity (Wildman–Crippen MR) is 112 cm³/mol. The minimum Gasteiger partial charge on any atom is -0.264 e. The van der Waals surface area contributed by atoms with Crippen LogP contribution in [0.3, 0.4) is 0 Å². The molecule has 3 aromatic heterocycles. The first-order valence-electron chi connectivity index (χ1n) is 9.15. The van der Waals surface area contributed by atoms with E-state index in [9.17, 15) is 14.5 Å². The lowest BCUT2D eigenvalue weighted by molar-refractivity contribution is -0.383. The average molecular weight is 396 g/mol. The molecule has 0 aliphatic carbocycles. The summed E-state index contributed by atoms with van der Waals surface area (Å²) in [5.41, 5.74) is 2.77. The third kappa shape index (κ3) is 2.84. The molecule has 6 nitrogen and oxygen atoms in total. The fourth-order valence-corrected chi connectivity index (χ4v) is 3.66. The maximum Gasteiger partial charge on any atom is 0.278 e. The third-order valence-corrected chi connectivity index (χ3v) is 5.02. The Balaban J connectivity index is 1.87. The van der Waals surface area contributed by atoms with Gasteiger partial charge >= 0.3 is 0 Å². The van der Waals surface area contributed by atoms with E-state index in [1.165, 1.54) is 18.3 Å². The molecule has 0 aliphatic heterocycles. The van der Waals surface area contributed by atoms with E-state index in [0.717, 1.165) is 16.5 Å². The molecule has 3 heterocycles. The molecule has 0 unspecified atom stereocenters. The zero-order valence-electron chi connectivity index (χ0n) is 15.5. The smallest absolute Gasteiger partial charge is 0.264 e. The number of nitro groups is 1. The van der Waals surface area contributed by atoms with E-state index >= 15 is 0 Å². The van der Waals surface area contributed by atoms with Gasteiger partial charge in [0.25, 0.3) is 5.69 Å². The Hall–Kier alpha value is -4.26. The number of nitrogens with zero attached hydrogens (tertiary/aromatic N) is 4. The quantitative estimate of drug-likeness (QED) is 0.295. The van der Waals surface area contributed by atoms with Crippen molar-refractivity contribution in [3.05, 3.63) is 95.2 Å². The fraction of sp³-hybridized carbons (Fsp3) is 0. The van der Waals surface area contributed by atoms with E-state index in [-0.39, 0.29) is 11.5 Å². The number of fused-ring (bicyclic) bond motifs is 2. The van der Waals surface area contributed by atoms with Gasteiger partial charge in [0.1, 0.15) is 5.82 Å². The van der Waals surface area contributed by atoms with Crippen molar-refractivity contribution in [3.8, 4) is 22.4 Å². The van der Waals surface area contributed by atoms with E-state index in [1.807, 2.05) is 6.07 Å². The highest BCUT2D eigenvalue weighted by molar-refractivity contribution is 6.07. The molecule has 0 amide bonds. The van der Waals surface area contributed by atoms with E-state index in [4.69, 9.17) is 0 Å². The molecule has 0 aliphatic rings. The topological polar surface area (TPSA) is 81.8 Å². The zero-order valence-corrected chi connectivity index (χ0v) is 15.5. The van der Waals surface area contributed by atoms with Gasteiger partial charge in [0.05, 0.1) is 16.0 Å². The third-order valence-electron chi connectivity index (χ3n) is 5.02. The minimum absolute atomic E-state index is 0.0207. The molecule has 0 saturated heterocycles. The van der Waals surface area contributed by atoms with Crippen molar-refractivity contribution in [1.82, 2.24) is 15.0 Å². The van der Waals surface area contributed by atoms with Crippen molar-refractivity contribution in [2.75, 3.05) is 0 Å². The summed E-state index contributed by atoms with van der Waals surface area (Å²) in [5, 5.41) is 13.3. The monoisotopic (exact) mass is 396 g/mol. The number of rotatable bonds is 3. The number of benzene rings is 2. The van der Waals surface area contributed by atoms with Crippen LogP contribution in [-0.2, 0) is 0 Å². The Morgan fingerprint density at radius 1 is 0.833 bits per heavy atom. The molecule has 0 bridgehead atoms. The molecule has 144 valence electrons. The highest BCUT2D eigenvalue weighted by Gasteiger charge is 2.18. The molecule has 0 radical (unpaired) electrons. The van der Waals surface area contributed by atoms with Crippen LogP contribution >= 0.6 is 0 Å². The fourth-order valence-electron chi connectivity index (χ4n) is 3.66. The van der Waals surface area contributed by atoms with E-state index in [2.05, 4.69) is 15.0 Å². The Morgan fingerprint density at radius 3 is 2.53 bits per heavy atom. The van der Waals surface area contributed by atoms with E-state index < -0.39 is 4.92 Å². The number of halogens is 1. The molecule has 30 heavy (non-hydrogen) atoms. The van der Waals surface area contributed by atoms with Gasteiger partial charge in [-0.1, -0.05) is 12.1 Å². The van der Waals surface area contributed by atoms with Gasteiger partial charge in [0, 0.05) is 35.6 Å². The maximum atomic E-state index is 14.5. The van der Waals surface area contributed by atoms with Crippen molar-refractivity contribution < 1.29 is 9.31 Å². The summed E-state index contributed by atoms with van der Waals surface area (Å²) < 4.78 is 14.5. The first kappa shape index (κ1) is 17.8. The molecular weight excluding hydrogens is 383 g/mol. The van der Waals surface area contributed by atoms with Gasteiger partial charge in [-0.05, 0) is 59.0 Å². The van der Waals surface area contributed by atoms with Gasteiger partial charge in [-0.25, -0.2) is 14.4 Å². The van der Waals surface area contributed by atoms with Crippen LogP contribution in [0, 0.1) is 15.9 Å². The molecule has 0 spiro atoms. The summed E-state index contributed by atoms with van der Waals surface area (Å²) in [7, 11) is 0. The molecule has 0 atom stereocenters. The number of hydrogen-bond donors (Lipinski definition) is 0. The van der Waals surface area contributed by atoms with Crippen LogP contribution in [0.4, 0.5) is 10.1 Å². The van der Waals surface area contributed by atoms with E-state index in [1.54, 1.807) is 54.9 Å². The summed E-state index contributed by atoms with van der Waals surface area (Å²) in [5.74, 6) is -0.385. The van der Waals surface area contributed by atoms with Crippen molar-refractivity contribution in [2.45, 2.75) is 0 Å². The van der Waals surface area contributed by atoms with E-state index in [0.29, 0.717) is 27.7 Å². The second-order valence-electron chi connectivity index (χ2n) is 6.72. The molecule has 0 saturated carbocycles. The van der Waals surface area contributed by atoms with Crippen LogP contribution in [0.15, 0.2) is 79.3 Å². The molecule has 5 aromatic rings. The van der Waals surface area contributed by atoms with Gasteiger partial charge in [-0.2, -0.15) is 0 Å². The van der Waals surface area contributed by atoms with Crippen LogP contribution < -0.4 is 0 Å². The highest BCUT2D eigenvalue weighted by atomic mass is 19.1. The molecule has 2 aromatic carbocycles. The summed E-state index contributed by atoms with van der Waals surface area (Å²) in [4.78, 5) is 24.0. The van der Waals surface area contributed by atoms with Crippen LogP contribution in [-0.4, -0.2) is 19.9 Å². The number of hydrogen-bond acceptors (Lipinski definition) is 5. The summed E-state index contributed by atoms with van der Waals surface area (Å²) in [6.45, 7) is 0. The predicted octanol–water partition coefficient (Wildman–Crippen LogP) is 5.56. The molecule has 0 fully saturated rings. The van der Waals surface area contributed by atoms with Crippen molar-refractivity contribution >= 4 is 27.5 Å². The summed E-state index contributed by atoms with van der Waals surface area (Å²) in [6, 6.07) is 16.8. The highest BCUT2D eigenvalue weighted by Crippen LogP contribution is 2.38. The number of nitro benzene ring substituents is 1. The lowest BCUT2D eigenvalue weighted by Crippen LogP contribution is -1.95. The van der Waals surface area contributed by atoms with Gasteiger partial charge in [0.2, 0.25) is 0 Å². The van der Waals surface area contributed by atoms with Crippen molar-refractivity contribution in [3.63, 3.8) is 0 Å². The SMILES string of the molecule is O=[N+]([O-])c1ccc(-c2cc(-c3ccccc3F)nc3ncccc23)c2ccncc12. The zero-order chi connectivity index (χ0) is 20.7. The van der Waals surface area contributed by atoms with Crippen molar-refractivity contribution in [2.24, 2.45) is 0 Å². The average Bonchev–Trinajstić information content (AvgIpc) is 2.78.